The first-order valence-electron chi connectivity index (χ1n) is 3.81. The van der Waals surface area contributed by atoms with Gasteiger partial charge < -0.3 is 4.74 Å². The summed E-state index contributed by atoms with van der Waals surface area (Å²) < 4.78 is 5.92. The van der Waals surface area contributed by atoms with Gasteiger partial charge in [0.1, 0.15) is 0 Å². The van der Waals surface area contributed by atoms with Crippen molar-refractivity contribution >= 4 is 18.6 Å². The molecule has 0 aromatic carbocycles. The van der Waals surface area contributed by atoms with Gasteiger partial charge >= 0.3 is 5.97 Å². The van der Waals surface area contributed by atoms with Gasteiger partial charge in [-0.2, -0.15) is 12.6 Å². The van der Waals surface area contributed by atoms with E-state index in [-0.39, 0.29) is 5.25 Å². The van der Waals surface area contributed by atoms with Gasteiger partial charge in [0.2, 0.25) is 0 Å². The van der Waals surface area contributed by atoms with E-state index in [0.717, 1.165) is 0 Å². The number of aromatic nitrogens is 4. The highest BCUT2D eigenvalue weighted by Crippen LogP contribution is 2.16. The summed E-state index contributed by atoms with van der Waals surface area (Å²) in [6.07, 6.45) is 2.84. The van der Waals surface area contributed by atoms with Crippen LogP contribution in [-0.4, -0.2) is 33.3 Å². The average Bonchev–Trinajstić information content (AvgIpc) is 2.60. The molecule has 14 heavy (non-hydrogen) atoms. The molecule has 0 aliphatic carbocycles. The molecule has 0 aliphatic heterocycles. The topological polar surface area (TPSA) is 69.9 Å². The van der Waals surface area contributed by atoms with Crippen molar-refractivity contribution in [2.45, 2.75) is 5.25 Å². The number of esters is 1. The molecule has 1 aromatic rings. The molecule has 0 radical (unpaired) electrons. The fourth-order valence-corrected chi connectivity index (χ4v) is 1.12. The van der Waals surface area contributed by atoms with Crippen molar-refractivity contribution in [1.29, 1.82) is 0 Å². The van der Waals surface area contributed by atoms with E-state index in [1.165, 1.54) is 17.9 Å². The highest BCUT2D eigenvalue weighted by molar-refractivity contribution is 7.80. The zero-order valence-corrected chi connectivity index (χ0v) is 8.68. The maximum Gasteiger partial charge on any atom is 0.330 e. The highest BCUT2D eigenvalue weighted by atomic mass is 32.1. The van der Waals surface area contributed by atoms with Gasteiger partial charge in [0, 0.05) is 13.1 Å². The second-order valence-electron chi connectivity index (χ2n) is 2.49. The SMILES string of the molecule is COC(=O)C=CC(S)c1nnnn1C. The molecule has 0 fully saturated rings. The van der Waals surface area contributed by atoms with Crippen molar-refractivity contribution in [3.63, 3.8) is 0 Å². The van der Waals surface area contributed by atoms with Crippen molar-refractivity contribution < 1.29 is 9.53 Å². The number of rotatable bonds is 3. The van der Waals surface area contributed by atoms with Crippen molar-refractivity contribution in [3.05, 3.63) is 18.0 Å². The third kappa shape index (κ3) is 2.56. The molecule has 0 amide bonds. The van der Waals surface area contributed by atoms with E-state index < -0.39 is 5.97 Å². The Morgan fingerprint density at radius 2 is 2.43 bits per heavy atom. The van der Waals surface area contributed by atoms with Gasteiger partial charge in [0.25, 0.3) is 0 Å². The summed E-state index contributed by atoms with van der Waals surface area (Å²) in [7, 11) is 3.01. The van der Waals surface area contributed by atoms with Gasteiger partial charge in [-0.1, -0.05) is 6.08 Å². The van der Waals surface area contributed by atoms with E-state index >= 15 is 0 Å². The molecule has 1 aromatic heterocycles. The molecule has 0 spiro atoms. The third-order valence-corrected chi connectivity index (χ3v) is 1.94. The first-order valence-corrected chi connectivity index (χ1v) is 4.33. The Hall–Kier alpha value is -1.37. The largest absolute Gasteiger partial charge is 0.466 e. The van der Waals surface area contributed by atoms with Crippen LogP contribution in [0.4, 0.5) is 0 Å². The lowest BCUT2D eigenvalue weighted by Crippen LogP contribution is -2.02. The van der Waals surface area contributed by atoms with Crippen molar-refractivity contribution in [2.75, 3.05) is 7.11 Å². The predicted molar refractivity (Wildman–Crippen MR) is 51.7 cm³/mol. The fourth-order valence-electron chi connectivity index (χ4n) is 0.811. The lowest BCUT2D eigenvalue weighted by atomic mass is 10.3. The van der Waals surface area contributed by atoms with Crippen LogP contribution in [0.5, 0.6) is 0 Å². The second kappa shape index (κ2) is 4.75. The Morgan fingerprint density at radius 3 is 2.93 bits per heavy atom. The Kier molecular flexibility index (Phi) is 3.63. The van der Waals surface area contributed by atoms with Crippen LogP contribution in [0.3, 0.4) is 0 Å². The number of hydrogen-bond donors (Lipinski definition) is 1. The lowest BCUT2D eigenvalue weighted by molar-refractivity contribution is -0.134. The standard InChI is InChI=1S/C7H10N4O2S/c1-11-7(8-9-10-11)5(14)3-4-6(12)13-2/h3-5,14H,1-2H3. The maximum absolute atomic E-state index is 10.8. The van der Waals surface area contributed by atoms with Gasteiger partial charge in [-0.25, -0.2) is 9.48 Å². The Morgan fingerprint density at radius 1 is 1.71 bits per heavy atom. The molecular weight excluding hydrogens is 204 g/mol. The molecule has 0 saturated heterocycles. The Labute approximate surface area is 86.3 Å². The van der Waals surface area contributed by atoms with E-state index in [2.05, 4.69) is 32.9 Å². The van der Waals surface area contributed by atoms with Gasteiger partial charge in [0.05, 0.1) is 12.4 Å². The van der Waals surface area contributed by atoms with Crippen molar-refractivity contribution in [3.8, 4) is 0 Å². The number of thiol groups is 1. The van der Waals surface area contributed by atoms with Crippen LogP contribution in [0.15, 0.2) is 12.2 Å². The van der Waals surface area contributed by atoms with Crippen molar-refractivity contribution in [2.24, 2.45) is 7.05 Å². The number of aryl methyl sites for hydroxylation is 1. The summed E-state index contributed by atoms with van der Waals surface area (Å²) in [5, 5.41) is 10.5. The molecule has 1 rings (SSSR count). The van der Waals surface area contributed by atoms with Crippen LogP contribution >= 0.6 is 12.6 Å². The summed E-state index contributed by atoms with van der Waals surface area (Å²) in [6.45, 7) is 0. The maximum atomic E-state index is 10.8. The molecule has 0 bridgehead atoms. The predicted octanol–water partition coefficient (Wildman–Crippen LogP) is -0.0898. The summed E-state index contributed by atoms with van der Waals surface area (Å²) in [4.78, 5) is 10.8. The highest BCUT2D eigenvalue weighted by Gasteiger charge is 2.10. The minimum absolute atomic E-state index is 0.325. The minimum Gasteiger partial charge on any atom is -0.466 e. The molecule has 0 saturated carbocycles. The second-order valence-corrected chi connectivity index (χ2v) is 3.04. The molecule has 76 valence electrons. The normalized spacial score (nSPS) is 13.1. The van der Waals surface area contributed by atoms with Crippen LogP contribution in [0, 0.1) is 0 Å². The molecular formula is C7H10N4O2S. The number of nitrogens with zero attached hydrogens (tertiary/aromatic N) is 4. The fraction of sp³-hybridized carbons (Fsp3) is 0.429. The molecule has 1 heterocycles. The number of tetrazole rings is 1. The van der Waals surface area contributed by atoms with E-state index in [1.54, 1.807) is 13.1 Å². The molecule has 1 atom stereocenters. The van der Waals surface area contributed by atoms with Crippen LogP contribution in [0.1, 0.15) is 11.1 Å². The summed E-state index contributed by atoms with van der Waals surface area (Å²) in [5.41, 5.74) is 0. The van der Waals surface area contributed by atoms with E-state index in [9.17, 15) is 4.79 Å². The van der Waals surface area contributed by atoms with Crippen molar-refractivity contribution in [1.82, 2.24) is 20.2 Å². The molecule has 1 unspecified atom stereocenters. The third-order valence-electron chi connectivity index (χ3n) is 1.53. The van der Waals surface area contributed by atoms with Gasteiger partial charge in [-0.3, -0.25) is 0 Å². The molecule has 6 nitrogen and oxygen atoms in total. The smallest absolute Gasteiger partial charge is 0.330 e. The van der Waals surface area contributed by atoms with E-state index in [4.69, 9.17) is 0 Å². The Bertz CT molecular complexity index is 349. The zero-order chi connectivity index (χ0) is 10.6. The van der Waals surface area contributed by atoms with Gasteiger partial charge in [0.15, 0.2) is 5.82 Å². The number of ether oxygens (including phenoxy) is 1. The van der Waals surface area contributed by atoms with Crippen LogP contribution in [-0.2, 0) is 16.6 Å². The van der Waals surface area contributed by atoms with Crippen LogP contribution < -0.4 is 0 Å². The summed E-state index contributed by atoms with van der Waals surface area (Å²) in [6, 6.07) is 0. The van der Waals surface area contributed by atoms with Gasteiger partial charge in [-0.05, 0) is 10.4 Å². The Balaban J connectivity index is 2.68. The molecule has 0 aliphatic rings. The van der Waals surface area contributed by atoms with E-state index in [1.807, 2.05) is 0 Å². The first-order chi connectivity index (χ1) is 6.65. The zero-order valence-electron chi connectivity index (χ0n) is 7.78. The van der Waals surface area contributed by atoms with Gasteiger partial charge in [-0.15, -0.1) is 5.10 Å². The quantitative estimate of drug-likeness (QED) is 0.432. The number of carbonyl (C=O) groups excluding carboxylic acids is 1. The number of methoxy groups -OCH3 is 1. The summed E-state index contributed by atoms with van der Waals surface area (Å²) >= 11 is 4.21. The summed E-state index contributed by atoms with van der Waals surface area (Å²) in [5.74, 6) is 0.132. The molecule has 0 N–H and O–H groups in total. The van der Waals surface area contributed by atoms with Crippen LogP contribution in [0.2, 0.25) is 0 Å². The minimum atomic E-state index is -0.431. The number of hydrogen-bond acceptors (Lipinski definition) is 6. The first kappa shape index (κ1) is 10.7. The monoisotopic (exact) mass is 214 g/mol. The van der Waals surface area contributed by atoms with Crippen LogP contribution in [0.25, 0.3) is 0 Å². The average molecular weight is 214 g/mol. The molecule has 7 heteroatoms. The lowest BCUT2D eigenvalue weighted by Gasteiger charge is -2.01. The van der Waals surface area contributed by atoms with E-state index in [0.29, 0.717) is 5.82 Å². The number of carbonyl (C=O) groups is 1.